The predicted octanol–water partition coefficient (Wildman–Crippen LogP) is 2.21. The Morgan fingerprint density at radius 3 is 1.95 bits per heavy atom. The summed E-state index contributed by atoms with van der Waals surface area (Å²) in [6.45, 7) is 0. The van der Waals surface area contributed by atoms with Crippen molar-refractivity contribution in [2.75, 3.05) is 5.32 Å². The Kier molecular flexibility index (Phi) is 4.10. The van der Waals surface area contributed by atoms with E-state index < -0.39 is 12.0 Å². The number of benzene rings is 2. The van der Waals surface area contributed by atoms with Gasteiger partial charge in [-0.1, -0.05) is 12.1 Å². The largest absolute Gasteiger partial charge is 0.508 e. The summed E-state index contributed by atoms with van der Waals surface area (Å²) in [6.07, 6.45) is 0.288. The van der Waals surface area contributed by atoms with Crippen molar-refractivity contribution >= 4 is 11.7 Å². The molecule has 0 aliphatic rings. The van der Waals surface area contributed by atoms with Gasteiger partial charge in [-0.25, -0.2) is 4.79 Å². The van der Waals surface area contributed by atoms with E-state index in [0.717, 1.165) is 5.56 Å². The van der Waals surface area contributed by atoms with Crippen molar-refractivity contribution in [3.63, 3.8) is 0 Å². The van der Waals surface area contributed by atoms with E-state index in [1.165, 1.54) is 24.3 Å². The van der Waals surface area contributed by atoms with Crippen LogP contribution in [0.15, 0.2) is 48.5 Å². The highest BCUT2D eigenvalue weighted by Crippen LogP contribution is 2.17. The van der Waals surface area contributed by atoms with Crippen molar-refractivity contribution in [2.45, 2.75) is 12.5 Å². The first-order valence-electron chi connectivity index (χ1n) is 6.11. The third kappa shape index (κ3) is 3.65. The number of anilines is 1. The van der Waals surface area contributed by atoms with Crippen molar-refractivity contribution in [1.29, 1.82) is 0 Å². The Labute approximate surface area is 116 Å². The minimum Gasteiger partial charge on any atom is -0.508 e. The van der Waals surface area contributed by atoms with Gasteiger partial charge in [-0.15, -0.1) is 0 Å². The molecule has 104 valence electrons. The lowest BCUT2D eigenvalue weighted by Crippen LogP contribution is -2.31. The lowest BCUT2D eigenvalue weighted by Gasteiger charge is -2.16. The van der Waals surface area contributed by atoms with E-state index in [9.17, 15) is 20.1 Å². The number of hydrogen-bond donors (Lipinski definition) is 4. The molecule has 0 radical (unpaired) electrons. The standard InChI is InChI=1S/C15H15NO4/c17-12-5-1-10(2-6-12)9-14(15(19)20)16-11-3-7-13(18)8-4-11/h1-8,14,16-18H,9H2,(H,19,20)/t14-/m0/s1. The van der Waals surface area contributed by atoms with Gasteiger partial charge in [0.1, 0.15) is 17.5 Å². The van der Waals surface area contributed by atoms with Crippen LogP contribution in [-0.2, 0) is 11.2 Å². The zero-order valence-corrected chi connectivity index (χ0v) is 10.7. The van der Waals surface area contributed by atoms with Gasteiger partial charge in [0.05, 0.1) is 0 Å². The van der Waals surface area contributed by atoms with Crippen molar-refractivity contribution in [3.05, 3.63) is 54.1 Å². The van der Waals surface area contributed by atoms with E-state index in [1.807, 2.05) is 0 Å². The smallest absolute Gasteiger partial charge is 0.326 e. The summed E-state index contributed by atoms with van der Waals surface area (Å²) < 4.78 is 0. The fraction of sp³-hybridized carbons (Fsp3) is 0.133. The Hall–Kier alpha value is -2.69. The van der Waals surface area contributed by atoms with Crippen molar-refractivity contribution in [3.8, 4) is 11.5 Å². The third-order valence-corrected chi connectivity index (χ3v) is 2.88. The first-order valence-corrected chi connectivity index (χ1v) is 6.11. The van der Waals surface area contributed by atoms with Crippen LogP contribution in [0.4, 0.5) is 5.69 Å². The molecule has 0 saturated heterocycles. The molecule has 0 saturated carbocycles. The summed E-state index contributed by atoms with van der Waals surface area (Å²) in [5.41, 5.74) is 1.43. The quantitative estimate of drug-likeness (QED) is 0.627. The molecule has 4 N–H and O–H groups in total. The number of carboxylic acid groups (broad SMARTS) is 1. The molecule has 20 heavy (non-hydrogen) atoms. The average molecular weight is 273 g/mol. The van der Waals surface area contributed by atoms with Crippen LogP contribution in [0, 0.1) is 0 Å². The predicted molar refractivity (Wildman–Crippen MR) is 75.0 cm³/mol. The molecule has 5 heteroatoms. The van der Waals surface area contributed by atoms with Crippen molar-refractivity contribution in [1.82, 2.24) is 0 Å². The number of aliphatic carboxylic acids is 1. The Morgan fingerprint density at radius 1 is 0.950 bits per heavy atom. The molecule has 0 aliphatic heterocycles. The molecule has 0 unspecified atom stereocenters. The Balaban J connectivity index is 2.09. The van der Waals surface area contributed by atoms with Gasteiger partial charge in [-0.05, 0) is 42.0 Å². The minimum absolute atomic E-state index is 0.126. The first-order chi connectivity index (χ1) is 9.54. The number of phenols is 2. The topological polar surface area (TPSA) is 89.8 Å². The monoisotopic (exact) mass is 273 g/mol. The number of carbonyl (C=O) groups is 1. The number of carboxylic acids is 1. The zero-order valence-electron chi connectivity index (χ0n) is 10.7. The summed E-state index contributed by atoms with van der Waals surface area (Å²) in [5.74, 6) is -0.695. The second kappa shape index (κ2) is 5.97. The summed E-state index contributed by atoms with van der Waals surface area (Å²) in [5, 5.41) is 30.5. The van der Waals surface area contributed by atoms with E-state index in [4.69, 9.17) is 0 Å². The van der Waals surface area contributed by atoms with Gasteiger partial charge in [0.2, 0.25) is 0 Å². The molecule has 0 amide bonds. The number of phenolic OH excluding ortho intramolecular Hbond substituents is 2. The SMILES string of the molecule is O=C(O)[C@H](Cc1ccc(O)cc1)Nc1ccc(O)cc1. The fourth-order valence-electron chi connectivity index (χ4n) is 1.83. The zero-order chi connectivity index (χ0) is 14.5. The van der Waals surface area contributed by atoms with E-state index >= 15 is 0 Å². The van der Waals surface area contributed by atoms with Gasteiger partial charge in [0.15, 0.2) is 0 Å². The van der Waals surface area contributed by atoms with Crippen LogP contribution in [-0.4, -0.2) is 27.3 Å². The van der Waals surface area contributed by atoms with E-state index in [0.29, 0.717) is 5.69 Å². The first kappa shape index (κ1) is 13.7. The maximum Gasteiger partial charge on any atom is 0.326 e. The highest BCUT2D eigenvalue weighted by atomic mass is 16.4. The van der Waals surface area contributed by atoms with Crippen LogP contribution >= 0.6 is 0 Å². The van der Waals surface area contributed by atoms with Gasteiger partial charge >= 0.3 is 5.97 Å². The van der Waals surface area contributed by atoms with Gasteiger partial charge < -0.3 is 20.6 Å². The van der Waals surface area contributed by atoms with Gasteiger partial charge in [-0.3, -0.25) is 0 Å². The van der Waals surface area contributed by atoms with Crippen LogP contribution in [0.2, 0.25) is 0 Å². The molecule has 2 rings (SSSR count). The van der Waals surface area contributed by atoms with Crippen LogP contribution in [0.1, 0.15) is 5.56 Å². The van der Waals surface area contributed by atoms with Gasteiger partial charge in [0.25, 0.3) is 0 Å². The van der Waals surface area contributed by atoms with E-state index in [1.54, 1.807) is 24.3 Å². The molecule has 1 atom stereocenters. The summed E-state index contributed by atoms with van der Waals surface area (Å²) in [6, 6.07) is 11.8. The lowest BCUT2D eigenvalue weighted by molar-refractivity contribution is -0.137. The lowest BCUT2D eigenvalue weighted by atomic mass is 10.1. The van der Waals surface area contributed by atoms with Crippen LogP contribution in [0.25, 0.3) is 0 Å². The average Bonchev–Trinajstić information content (AvgIpc) is 2.42. The van der Waals surface area contributed by atoms with E-state index in [-0.39, 0.29) is 17.9 Å². The van der Waals surface area contributed by atoms with Gasteiger partial charge in [-0.2, -0.15) is 0 Å². The highest BCUT2D eigenvalue weighted by Gasteiger charge is 2.17. The number of rotatable bonds is 5. The maximum absolute atomic E-state index is 11.3. The molecule has 0 aliphatic carbocycles. The highest BCUT2D eigenvalue weighted by molar-refractivity contribution is 5.77. The summed E-state index contributed by atoms with van der Waals surface area (Å²) >= 11 is 0. The Bertz CT molecular complexity index is 530. The molecule has 0 heterocycles. The number of hydrogen-bond acceptors (Lipinski definition) is 4. The van der Waals surface area contributed by atoms with Gasteiger partial charge in [0, 0.05) is 12.1 Å². The van der Waals surface area contributed by atoms with Crippen molar-refractivity contribution < 1.29 is 20.1 Å². The molecule has 2 aromatic rings. The fourth-order valence-corrected chi connectivity index (χ4v) is 1.83. The molecule has 5 nitrogen and oxygen atoms in total. The molecular formula is C15H15NO4. The molecule has 0 bridgehead atoms. The van der Waals surface area contributed by atoms with Crippen LogP contribution in [0.5, 0.6) is 11.5 Å². The van der Waals surface area contributed by atoms with Crippen molar-refractivity contribution in [2.24, 2.45) is 0 Å². The normalized spacial score (nSPS) is 11.8. The minimum atomic E-state index is -0.967. The molecular weight excluding hydrogens is 258 g/mol. The van der Waals surface area contributed by atoms with Crippen LogP contribution in [0.3, 0.4) is 0 Å². The maximum atomic E-state index is 11.3. The second-order valence-corrected chi connectivity index (χ2v) is 4.45. The number of aromatic hydroxyl groups is 2. The second-order valence-electron chi connectivity index (χ2n) is 4.45. The van der Waals surface area contributed by atoms with Crippen LogP contribution < -0.4 is 5.32 Å². The number of nitrogens with one attached hydrogen (secondary N) is 1. The third-order valence-electron chi connectivity index (χ3n) is 2.88. The Morgan fingerprint density at radius 2 is 1.45 bits per heavy atom. The summed E-state index contributed by atoms with van der Waals surface area (Å²) in [7, 11) is 0. The molecule has 0 spiro atoms. The summed E-state index contributed by atoms with van der Waals surface area (Å²) in [4.78, 5) is 11.3. The van der Waals surface area contributed by atoms with E-state index in [2.05, 4.69) is 5.32 Å². The molecule has 0 aromatic heterocycles. The molecule has 2 aromatic carbocycles. The molecule has 0 fully saturated rings.